The fourth-order valence-electron chi connectivity index (χ4n) is 6.49. The summed E-state index contributed by atoms with van der Waals surface area (Å²) in [6, 6.07) is 25.6. The van der Waals surface area contributed by atoms with Crippen molar-refractivity contribution in [3.63, 3.8) is 0 Å². The number of halogens is 1. The van der Waals surface area contributed by atoms with Gasteiger partial charge in [-0.05, 0) is 28.8 Å². The van der Waals surface area contributed by atoms with Gasteiger partial charge in [-0.2, -0.15) is 0 Å². The van der Waals surface area contributed by atoms with Crippen LogP contribution in [0.2, 0.25) is 5.02 Å². The molecule has 7 nitrogen and oxygen atoms in total. The first-order valence-corrected chi connectivity index (χ1v) is 14.5. The molecule has 2 saturated heterocycles. The molecule has 2 fully saturated rings. The molecule has 0 aromatic heterocycles. The zero-order valence-corrected chi connectivity index (χ0v) is 23.8. The van der Waals surface area contributed by atoms with Crippen molar-refractivity contribution in [2.75, 3.05) is 6.54 Å². The van der Waals surface area contributed by atoms with Gasteiger partial charge in [0.1, 0.15) is 11.6 Å². The number of amides is 3. The lowest BCUT2D eigenvalue weighted by atomic mass is 9.74. The molecule has 6 rings (SSSR count). The molecule has 0 saturated carbocycles. The second-order valence-electron chi connectivity index (χ2n) is 11.0. The number of nitrogens with zero attached hydrogens (tertiary/aromatic N) is 2. The summed E-state index contributed by atoms with van der Waals surface area (Å²) in [7, 11) is 0. The number of benzene rings is 3. The Morgan fingerprint density at radius 3 is 2.31 bits per heavy atom. The van der Waals surface area contributed by atoms with E-state index in [1.807, 2.05) is 84.9 Å². The number of fused-ring (bicyclic) bond motifs is 1. The van der Waals surface area contributed by atoms with E-state index < -0.39 is 29.6 Å². The molecule has 1 N–H and O–H groups in total. The molecule has 0 aliphatic carbocycles. The largest absolute Gasteiger partial charge is 0.359 e. The summed E-state index contributed by atoms with van der Waals surface area (Å²) in [6.07, 6.45) is 4.74. The van der Waals surface area contributed by atoms with Crippen LogP contribution in [0.4, 0.5) is 0 Å². The molecule has 3 aromatic carbocycles. The van der Waals surface area contributed by atoms with Gasteiger partial charge in [0.15, 0.2) is 0 Å². The van der Waals surface area contributed by atoms with Crippen molar-refractivity contribution in [1.29, 1.82) is 0 Å². The van der Waals surface area contributed by atoms with Crippen LogP contribution < -0.4 is 5.32 Å². The van der Waals surface area contributed by atoms with E-state index in [0.717, 1.165) is 16.7 Å². The molecule has 3 amide bonds. The van der Waals surface area contributed by atoms with E-state index in [0.29, 0.717) is 24.7 Å². The van der Waals surface area contributed by atoms with Crippen LogP contribution in [0.3, 0.4) is 0 Å². The van der Waals surface area contributed by atoms with E-state index in [2.05, 4.69) is 11.9 Å². The molecule has 3 aliphatic heterocycles. The van der Waals surface area contributed by atoms with Gasteiger partial charge < -0.3 is 19.9 Å². The van der Waals surface area contributed by atoms with Gasteiger partial charge in [-0.25, -0.2) is 0 Å². The molecular weight excluding hydrogens is 550 g/mol. The maximum absolute atomic E-state index is 14.3. The molecule has 0 radical (unpaired) electrons. The fourth-order valence-corrected chi connectivity index (χ4v) is 6.62. The van der Waals surface area contributed by atoms with Crippen molar-refractivity contribution in [2.24, 2.45) is 11.8 Å². The van der Waals surface area contributed by atoms with Gasteiger partial charge in [-0.1, -0.05) is 103 Å². The summed E-state index contributed by atoms with van der Waals surface area (Å²) >= 11 is 6.07. The smallest absolute Gasteiger partial charge is 0.246 e. The van der Waals surface area contributed by atoms with Gasteiger partial charge >= 0.3 is 0 Å². The normalized spacial score (nSPS) is 25.4. The molecule has 214 valence electrons. The molecule has 5 atom stereocenters. The van der Waals surface area contributed by atoms with Gasteiger partial charge in [-0.15, -0.1) is 6.58 Å². The predicted octanol–water partition coefficient (Wildman–Crippen LogP) is 4.52. The summed E-state index contributed by atoms with van der Waals surface area (Å²) in [6.45, 7) is 5.02. The van der Waals surface area contributed by atoms with Crippen molar-refractivity contribution < 1.29 is 19.1 Å². The fraction of sp³-hybridized carbons (Fsp3) is 0.265. The molecule has 42 heavy (non-hydrogen) atoms. The van der Waals surface area contributed by atoms with E-state index in [9.17, 15) is 14.4 Å². The van der Waals surface area contributed by atoms with Gasteiger partial charge in [0.05, 0.1) is 17.9 Å². The highest BCUT2D eigenvalue weighted by molar-refractivity contribution is 6.30. The Hall–Kier alpha value is -4.20. The van der Waals surface area contributed by atoms with Crippen molar-refractivity contribution >= 4 is 29.3 Å². The predicted molar refractivity (Wildman–Crippen MR) is 160 cm³/mol. The quantitative estimate of drug-likeness (QED) is 0.357. The number of nitrogens with one attached hydrogen (secondary N) is 1. The highest BCUT2D eigenvalue weighted by Gasteiger charge is 2.73. The molecule has 8 heteroatoms. The van der Waals surface area contributed by atoms with Crippen molar-refractivity contribution in [1.82, 2.24) is 15.1 Å². The molecule has 2 bridgehead atoms. The Labute approximate surface area is 250 Å². The number of carbonyl (C=O) groups is 3. The van der Waals surface area contributed by atoms with E-state index in [1.54, 1.807) is 28.0 Å². The standard InChI is InChI=1S/C34H32ClN3O4/c1-2-19-37(21-25-13-15-26(35)16-14-25)32(40)28-27-17-18-34(42-27)29(28)33(41)38(22-24-11-7-4-8-12-24)30(34)31(39)36-20-23-9-5-3-6-10-23/h2-18,27-30H,1,19-22H2,(H,36,39)/t27-,28+,29+,30-,34+/m0/s1. The van der Waals surface area contributed by atoms with Crippen LogP contribution in [-0.4, -0.2) is 51.8 Å². The Kier molecular flexibility index (Phi) is 7.71. The van der Waals surface area contributed by atoms with Gasteiger partial charge in [0.25, 0.3) is 0 Å². The first kappa shape index (κ1) is 27.9. The molecule has 3 aromatic rings. The van der Waals surface area contributed by atoms with Crippen LogP contribution in [0.5, 0.6) is 0 Å². The monoisotopic (exact) mass is 581 g/mol. The average Bonchev–Trinajstić information content (AvgIpc) is 3.65. The Bertz CT molecular complexity index is 1510. The Morgan fingerprint density at radius 1 is 0.976 bits per heavy atom. The lowest BCUT2D eigenvalue weighted by Gasteiger charge is -2.32. The average molecular weight is 582 g/mol. The number of rotatable bonds is 10. The van der Waals surface area contributed by atoms with Crippen LogP contribution >= 0.6 is 11.6 Å². The summed E-state index contributed by atoms with van der Waals surface area (Å²) in [4.78, 5) is 45.7. The lowest BCUT2D eigenvalue weighted by Crippen LogP contribution is -2.54. The zero-order chi connectivity index (χ0) is 29.3. The zero-order valence-electron chi connectivity index (χ0n) is 23.1. The maximum Gasteiger partial charge on any atom is 0.246 e. The number of likely N-dealkylation sites (tertiary alicyclic amines) is 1. The first-order chi connectivity index (χ1) is 20.4. The summed E-state index contributed by atoms with van der Waals surface area (Å²) in [5, 5.41) is 3.64. The van der Waals surface area contributed by atoms with Crippen LogP contribution in [0.15, 0.2) is 110 Å². The Balaban J connectivity index is 1.32. The highest BCUT2D eigenvalue weighted by atomic mass is 35.5. The third-order valence-corrected chi connectivity index (χ3v) is 8.61. The number of hydrogen-bond donors (Lipinski definition) is 1. The molecule has 0 unspecified atom stereocenters. The first-order valence-electron chi connectivity index (χ1n) is 14.1. The van der Waals surface area contributed by atoms with E-state index in [-0.39, 0.29) is 24.3 Å². The van der Waals surface area contributed by atoms with E-state index in [4.69, 9.17) is 16.3 Å². The minimum atomic E-state index is -1.24. The second-order valence-corrected chi connectivity index (χ2v) is 11.4. The van der Waals surface area contributed by atoms with Crippen LogP contribution in [0, 0.1) is 11.8 Å². The molecular formula is C34H32ClN3O4. The minimum Gasteiger partial charge on any atom is -0.359 e. The minimum absolute atomic E-state index is 0.204. The summed E-state index contributed by atoms with van der Waals surface area (Å²) < 4.78 is 6.51. The lowest BCUT2D eigenvalue weighted by molar-refractivity contribution is -0.145. The Morgan fingerprint density at radius 2 is 1.64 bits per heavy atom. The van der Waals surface area contributed by atoms with Crippen LogP contribution in [0.1, 0.15) is 16.7 Å². The van der Waals surface area contributed by atoms with E-state index in [1.165, 1.54) is 0 Å². The highest BCUT2D eigenvalue weighted by Crippen LogP contribution is 2.55. The van der Waals surface area contributed by atoms with Gasteiger partial charge in [0, 0.05) is 31.2 Å². The van der Waals surface area contributed by atoms with Crippen molar-refractivity contribution in [3.8, 4) is 0 Å². The van der Waals surface area contributed by atoms with Crippen LogP contribution in [0.25, 0.3) is 0 Å². The topological polar surface area (TPSA) is 79.0 Å². The molecule has 1 spiro atoms. The van der Waals surface area contributed by atoms with Crippen molar-refractivity contribution in [3.05, 3.63) is 131 Å². The van der Waals surface area contributed by atoms with Crippen molar-refractivity contribution in [2.45, 2.75) is 37.4 Å². The third-order valence-electron chi connectivity index (χ3n) is 8.36. The SMILES string of the molecule is C=CCN(Cc1ccc(Cl)cc1)C(=O)[C@@H]1[C@@H]2C=C[C@]3(O2)[C@H](C(=O)NCc2ccccc2)N(Cc2ccccc2)C(=O)[C@@H]13. The van der Waals surface area contributed by atoms with Gasteiger partial charge in [-0.3, -0.25) is 14.4 Å². The molecule has 3 heterocycles. The second kappa shape index (κ2) is 11.6. The summed E-state index contributed by atoms with van der Waals surface area (Å²) in [5.74, 6) is -2.36. The van der Waals surface area contributed by atoms with Crippen LogP contribution in [-0.2, 0) is 38.8 Å². The number of ether oxygens (including phenoxy) is 1. The number of carbonyl (C=O) groups excluding carboxylic acids is 3. The van der Waals surface area contributed by atoms with Gasteiger partial charge in [0.2, 0.25) is 17.7 Å². The summed E-state index contributed by atoms with van der Waals surface area (Å²) in [5.41, 5.74) is 1.50. The van der Waals surface area contributed by atoms with E-state index >= 15 is 0 Å². The molecule has 3 aliphatic rings. The third kappa shape index (κ3) is 5.03. The maximum atomic E-state index is 14.3. The number of hydrogen-bond acceptors (Lipinski definition) is 4.